The van der Waals surface area contributed by atoms with E-state index in [1.807, 2.05) is 0 Å². The van der Waals surface area contributed by atoms with E-state index in [0.717, 1.165) is 12.2 Å². The fraction of sp³-hybridized carbons (Fsp3) is 0.296. The van der Waals surface area contributed by atoms with Gasteiger partial charge >= 0.3 is 11.9 Å². The zero-order valence-corrected chi connectivity index (χ0v) is 20.7. The van der Waals surface area contributed by atoms with Gasteiger partial charge in [-0.1, -0.05) is 18.2 Å². The van der Waals surface area contributed by atoms with E-state index in [-0.39, 0.29) is 11.5 Å². The lowest BCUT2D eigenvalue weighted by molar-refractivity contribution is -0.198. The number of aliphatic hydroxyl groups is 2. The van der Waals surface area contributed by atoms with E-state index in [1.54, 1.807) is 19.1 Å². The molecule has 3 rings (SSSR count). The molecule has 2 aromatic carbocycles. The molecule has 0 radical (unpaired) electrons. The Morgan fingerprint density at radius 2 is 1.47 bits per heavy atom. The van der Waals surface area contributed by atoms with E-state index in [9.17, 15) is 39.9 Å². The van der Waals surface area contributed by atoms with E-state index in [1.165, 1.54) is 43.5 Å². The van der Waals surface area contributed by atoms with Gasteiger partial charge in [0.05, 0.1) is 6.10 Å². The summed E-state index contributed by atoms with van der Waals surface area (Å²) in [7, 11) is 1.29. The minimum absolute atomic E-state index is 0.0410. The third kappa shape index (κ3) is 6.90. The highest BCUT2D eigenvalue weighted by atomic mass is 16.6. The summed E-state index contributed by atoms with van der Waals surface area (Å²) in [5.74, 6) is -3.34. The highest BCUT2D eigenvalue weighted by molar-refractivity contribution is 5.89. The molecule has 1 unspecified atom stereocenters. The number of hydrogen-bond donors (Lipinski definition) is 6. The van der Waals surface area contributed by atoms with Crippen LogP contribution in [0.4, 0.5) is 0 Å². The minimum atomic E-state index is -2.09. The number of aryl methyl sites for hydroxylation is 1. The predicted molar refractivity (Wildman–Crippen MR) is 135 cm³/mol. The number of ether oxygens (including phenoxy) is 2. The number of phenols is 3. The average molecular weight is 528 g/mol. The van der Waals surface area contributed by atoms with Gasteiger partial charge in [0.25, 0.3) is 5.91 Å². The van der Waals surface area contributed by atoms with Crippen LogP contribution in [0.2, 0.25) is 0 Å². The van der Waals surface area contributed by atoms with Crippen LogP contribution in [0.3, 0.4) is 0 Å². The second-order valence-electron chi connectivity index (χ2n) is 8.92. The van der Waals surface area contributed by atoms with E-state index >= 15 is 0 Å². The minimum Gasteiger partial charge on any atom is -0.508 e. The van der Waals surface area contributed by atoms with Crippen LogP contribution in [-0.2, 0) is 23.9 Å². The molecule has 4 atom stereocenters. The number of esters is 2. The van der Waals surface area contributed by atoms with Gasteiger partial charge in [0.1, 0.15) is 17.5 Å². The van der Waals surface area contributed by atoms with Gasteiger partial charge in [0.2, 0.25) is 0 Å². The molecule has 1 amide bonds. The zero-order valence-electron chi connectivity index (χ0n) is 20.7. The normalized spacial score (nSPS) is 23.3. The standard InChI is InChI=1S/C27H29NO10/c1-15-3-4-16(11-19(15)30)7-10-24(34)38-25-21(32)13-27(36,26(35)28-2)14-22(25)37-23(33)9-6-17-5-8-18(29)20(31)12-17/h3-12,21-22,25,29-32,36H,13-14H2,1-2H3,(H,28,35)/b9-6+,10-7+/t21-,22-,25?,27-/m1/s1. The average Bonchev–Trinajstić information content (AvgIpc) is 2.87. The smallest absolute Gasteiger partial charge is 0.331 e. The number of carbonyl (C=O) groups is 3. The molecule has 0 saturated heterocycles. The molecule has 202 valence electrons. The lowest BCUT2D eigenvalue weighted by Crippen LogP contribution is -2.60. The topological polar surface area (TPSA) is 183 Å². The van der Waals surface area contributed by atoms with Gasteiger partial charge in [-0.05, 0) is 54.0 Å². The summed E-state index contributed by atoms with van der Waals surface area (Å²) in [6.07, 6.45) is -0.566. The maximum Gasteiger partial charge on any atom is 0.331 e. The Hall–Kier alpha value is -4.35. The van der Waals surface area contributed by atoms with Gasteiger partial charge in [-0.3, -0.25) is 4.79 Å². The summed E-state index contributed by atoms with van der Waals surface area (Å²) < 4.78 is 10.7. The number of likely N-dealkylation sites (N-methyl/N-ethyl adjacent to an activating group) is 1. The van der Waals surface area contributed by atoms with Crippen LogP contribution in [0.5, 0.6) is 17.2 Å². The van der Waals surface area contributed by atoms with E-state index < -0.39 is 60.3 Å². The molecule has 1 aliphatic rings. The van der Waals surface area contributed by atoms with Crippen LogP contribution >= 0.6 is 0 Å². The van der Waals surface area contributed by atoms with Gasteiger partial charge in [0.15, 0.2) is 17.6 Å². The first kappa shape index (κ1) is 28.2. The lowest BCUT2D eigenvalue weighted by Gasteiger charge is -2.41. The fourth-order valence-corrected chi connectivity index (χ4v) is 3.99. The Morgan fingerprint density at radius 3 is 2.05 bits per heavy atom. The zero-order chi connectivity index (χ0) is 28.0. The molecule has 0 heterocycles. The highest BCUT2D eigenvalue weighted by Crippen LogP contribution is 2.33. The van der Waals surface area contributed by atoms with Gasteiger partial charge in [-0.15, -0.1) is 0 Å². The molecule has 11 heteroatoms. The first-order chi connectivity index (χ1) is 17.9. The van der Waals surface area contributed by atoms with Crippen LogP contribution in [-0.4, -0.2) is 74.3 Å². The van der Waals surface area contributed by atoms with Gasteiger partial charge in [0, 0.05) is 32.0 Å². The molecular formula is C27H29NO10. The number of amides is 1. The molecule has 0 bridgehead atoms. The number of phenolic OH excluding ortho intramolecular Hbond substituents is 3. The number of carbonyl (C=O) groups excluding carboxylic acids is 3. The SMILES string of the molecule is CNC(=O)[C@@]1(O)C[C@@H](O)C(OC(=O)/C=C/c2ccc(C)c(O)c2)[C@H](OC(=O)/C=C/c2ccc(O)c(O)c2)C1. The summed E-state index contributed by atoms with van der Waals surface area (Å²) in [4.78, 5) is 37.3. The molecule has 6 N–H and O–H groups in total. The number of aliphatic hydroxyl groups excluding tert-OH is 1. The summed E-state index contributed by atoms with van der Waals surface area (Å²) in [6, 6.07) is 8.64. The number of rotatable bonds is 7. The second-order valence-corrected chi connectivity index (χ2v) is 8.92. The monoisotopic (exact) mass is 527 g/mol. The number of hydrogen-bond acceptors (Lipinski definition) is 10. The third-order valence-electron chi connectivity index (χ3n) is 6.06. The van der Waals surface area contributed by atoms with Crippen molar-refractivity contribution in [1.29, 1.82) is 0 Å². The predicted octanol–water partition coefficient (Wildman–Crippen LogP) is 1.29. The van der Waals surface area contributed by atoms with Crippen molar-refractivity contribution < 1.29 is 49.4 Å². The third-order valence-corrected chi connectivity index (χ3v) is 6.06. The molecule has 2 aromatic rings. The van der Waals surface area contributed by atoms with Crippen LogP contribution < -0.4 is 5.32 Å². The number of benzene rings is 2. The van der Waals surface area contributed by atoms with Gasteiger partial charge < -0.3 is 40.3 Å². The van der Waals surface area contributed by atoms with Crippen LogP contribution in [0.15, 0.2) is 48.6 Å². The first-order valence-corrected chi connectivity index (χ1v) is 11.6. The van der Waals surface area contributed by atoms with Crippen molar-refractivity contribution in [1.82, 2.24) is 5.32 Å². The van der Waals surface area contributed by atoms with Crippen molar-refractivity contribution in [3.8, 4) is 17.2 Å². The first-order valence-electron chi connectivity index (χ1n) is 11.6. The van der Waals surface area contributed by atoms with Gasteiger partial charge in [-0.25, -0.2) is 9.59 Å². The molecule has 0 aromatic heterocycles. The second kappa shape index (κ2) is 11.8. The van der Waals surface area contributed by atoms with Gasteiger partial charge in [-0.2, -0.15) is 0 Å². The molecule has 1 saturated carbocycles. The molecule has 0 aliphatic heterocycles. The summed E-state index contributed by atoms with van der Waals surface area (Å²) in [6.45, 7) is 1.72. The Kier molecular flexibility index (Phi) is 8.76. The van der Waals surface area contributed by atoms with Crippen LogP contribution in [0.25, 0.3) is 12.2 Å². The van der Waals surface area contributed by atoms with Crippen LogP contribution in [0.1, 0.15) is 29.5 Å². The lowest BCUT2D eigenvalue weighted by atomic mass is 9.78. The van der Waals surface area contributed by atoms with Crippen molar-refractivity contribution in [3.05, 3.63) is 65.2 Å². The van der Waals surface area contributed by atoms with Crippen molar-refractivity contribution in [2.24, 2.45) is 0 Å². The van der Waals surface area contributed by atoms with E-state index in [0.29, 0.717) is 16.7 Å². The molecule has 1 fully saturated rings. The Labute approximate surface area is 218 Å². The molecule has 11 nitrogen and oxygen atoms in total. The van der Waals surface area contributed by atoms with E-state index in [2.05, 4.69) is 5.32 Å². The quantitative estimate of drug-likeness (QED) is 0.174. The highest BCUT2D eigenvalue weighted by Gasteiger charge is 2.51. The number of nitrogens with one attached hydrogen (secondary N) is 1. The Bertz CT molecular complexity index is 1270. The van der Waals surface area contributed by atoms with Crippen molar-refractivity contribution >= 4 is 30.0 Å². The van der Waals surface area contributed by atoms with Crippen molar-refractivity contribution in [2.75, 3.05) is 7.05 Å². The summed E-state index contributed by atoms with van der Waals surface area (Å²) in [5, 5.41) is 52.6. The fourth-order valence-electron chi connectivity index (χ4n) is 3.99. The number of aromatic hydroxyl groups is 3. The van der Waals surface area contributed by atoms with Crippen molar-refractivity contribution in [2.45, 2.75) is 43.7 Å². The molecule has 38 heavy (non-hydrogen) atoms. The molecule has 0 spiro atoms. The maximum absolute atomic E-state index is 12.5. The van der Waals surface area contributed by atoms with E-state index in [4.69, 9.17) is 9.47 Å². The molecule has 1 aliphatic carbocycles. The summed E-state index contributed by atoms with van der Waals surface area (Å²) in [5.41, 5.74) is -0.571. The Balaban J connectivity index is 1.77. The largest absolute Gasteiger partial charge is 0.508 e. The van der Waals surface area contributed by atoms with Crippen LogP contribution in [0, 0.1) is 6.92 Å². The molecular weight excluding hydrogens is 498 g/mol. The maximum atomic E-state index is 12.5. The summed E-state index contributed by atoms with van der Waals surface area (Å²) >= 11 is 0. The Morgan fingerprint density at radius 1 is 0.895 bits per heavy atom. The van der Waals surface area contributed by atoms with Crippen molar-refractivity contribution in [3.63, 3.8) is 0 Å².